The van der Waals surface area contributed by atoms with Crippen LogP contribution in [-0.4, -0.2) is 20.4 Å². The number of benzene rings is 2. The average Bonchev–Trinajstić information content (AvgIpc) is 2.29. The summed E-state index contributed by atoms with van der Waals surface area (Å²) in [7, 11) is 0. The first-order valence-corrected chi connectivity index (χ1v) is 5.51. The largest absolute Gasteiger partial charge is 0.508 e. The van der Waals surface area contributed by atoms with Gasteiger partial charge in [0.1, 0.15) is 23.0 Å². The van der Waals surface area contributed by atoms with Gasteiger partial charge in [0.05, 0.1) is 0 Å². The molecular formula is C14H16O4. The first-order valence-electron chi connectivity index (χ1n) is 5.51. The maximum atomic E-state index is 9.13. The Bertz CT molecular complexity index is 492. The van der Waals surface area contributed by atoms with Gasteiger partial charge < -0.3 is 20.4 Å². The lowest BCUT2D eigenvalue weighted by molar-refractivity contribution is 0.446. The lowest BCUT2D eigenvalue weighted by Gasteiger charge is -1.99. The van der Waals surface area contributed by atoms with Crippen LogP contribution in [0.4, 0.5) is 0 Å². The van der Waals surface area contributed by atoms with E-state index < -0.39 is 0 Å². The summed E-state index contributed by atoms with van der Waals surface area (Å²) >= 11 is 0. The summed E-state index contributed by atoms with van der Waals surface area (Å²) in [6.07, 6.45) is 0.784. The Labute approximate surface area is 105 Å². The van der Waals surface area contributed by atoms with Crippen molar-refractivity contribution in [2.24, 2.45) is 0 Å². The molecular weight excluding hydrogens is 232 g/mol. The van der Waals surface area contributed by atoms with Crippen molar-refractivity contribution in [3.63, 3.8) is 0 Å². The molecule has 0 unspecified atom stereocenters. The van der Waals surface area contributed by atoms with Crippen LogP contribution in [0.15, 0.2) is 42.5 Å². The van der Waals surface area contributed by atoms with Crippen LogP contribution in [0.5, 0.6) is 23.0 Å². The number of aromatic hydroxyl groups is 4. The van der Waals surface area contributed by atoms with Gasteiger partial charge in [0.15, 0.2) is 0 Å². The molecule has 0 fully saturated rings. The molecule has 0 saturated carbocycles. The SMILES string of the molecule is CCc1ccc(O)cc1O.Oc1cccc(O)c1. The molecule has 2 aromatic rings. The van der Waals surface area contributed by atoms with Crippen molar-refractivity contribution >= 4 is 0 Å². The summed E-state index contributed by atoms with van der Waals surface area (Å²) in [5.74, 6) is 0.451. The highest BCUT2D eigenvalue weighted by atomic mass is 16.3. The van der Waals surface area contributed by atoms with Crippen LogP contribution in [0.1, 0.15) is 12.5 Å². The summed E-state index contributed by atoms with van der Waals surface area (Å²) in [5, 5.41) is 35.3. The molecule has 2 rings (SSSR count). The number of rotatable bonds is 1. The van der Waals surface area contributed by atoms with Gasteiger partial charge in [0.25, 0.3) is 0 Å². The van der Waals surface area contributed by atoms with Crippen LogP contribution in [0.2, 0.25) is 0 Å². The molecule has 4 nitrogen and oxygen atoms in total. The Morgan fingerprint density at radius 3 is 1.72 bits per heavy atom. The van der Waals surface area contributed by atoms with E-state index in [1.807, 2.05) is 6.92 Å². The van der Waals surface area contributed by atoms with Crippen molar-refractivity contribution < 1.29 is 20.4 Å². The number of hydrogen-bond acceptors (Lipinski definition) is 4. The van der Waals surface area contributed by atoms with Crippen LogP contribution in [-0.2, 0) is 6.42 Å². The maximum Gasteiger partial charge on any atom is 0.122 e. The van der Waals surface area contributed by atoms with Crippen molar-refractivity contribution in [3.8, 4) is 23.0 Å². The quantitative estimate of drug-likeness (QED) is 0.625. The summed E-state index contributed by atoms with van der Waals surface area (Å²) in [6.45, 7) is 1.95. The smallest absolute Gasteiger partial charge is 0.122 e. The lowest BCUT2D eigenvalue weighted by atomic mass is 10.1. The van der Waals surface area contributed by atoms with Crippen LogP contribution in [0.3, 0.4) is 0 Å². The first-order chi connectivity index (χ1) is 8.52. The minimum absolute atomic E-state index is 0.0880. The molecule has 0 spiro atoms. The van der Waals surface area contributed by atoms with Gasteiger partial charge >= 0.3 is 0 Å². The molecule has 0 aliphatic heterocycles. The Balaban J connectivity index is 0.000000184. The standard InChI is InChI=1S/C8H10O2.C6H6O2/c1-2-6-3-4-7(9)5-8(6)10;7-5-2-1-3-6(8)4-5/h3-5,9-10H,2H2,1H3;1-4,7-8H. The van der Waals surface area contributed by atoms with Gasteiger partial charge in [-0.05, 0) is 30.2 Å². The fourth-order valence-electron chi connectivity index (χ4n) is 1.34. The van der Waals surface area contributed by atoms with E-state index in [1.54, 1.807) is 18.2 Å². The normalized spacial score (nSPS) is 9.39. The van der Waals surface area contributed by atoms with E-state index in [-0.39, 0.29) is 23.0 Å². The van der Waals surface area contributed by atoms with Gasteiger partial charge in [-0.3, -0.25) is 0 Å². The van der Waals surface area contributed by atoms with Crippen LogP contribution >= 0.6 is 0 Å². The molecule has 0 radical (unpaired) electrons. The zero-order valence-corrected chi connectivity index (χ0v) is 10.0. The van der Waals surface area contributed by atoms with Crippen LogP contribution in [0, 0.1) is 0 Å². The zero-order chi connectivity index (χ0) is 13.5. The van der Waals surface area contributed by atoms with E-state index in [1.165, 1.54) is 24.3 Å². The van der Waals surface area contributed by atoms with Crippen molar-refractivity contribution in [1.29, 1.82) is 0 Å². The van der Waals surface area contributed by atoms with E-state index >= 15 is 0 Å². The summed E-state index contributed by atoms with van der Waals surface area (Å²) in [6, 6.07) is 10.5. The zero-order valence-electron chi connectivity index (χ0n) is 10.0. The summed E-state index contributed by atoms with van der Waals surface area (Å²) < 4.78 is 0. The lowest BCUT2D eigenvalue weighted by Crippen LogP contribution is -1.79. The van der Waals surface area contributed by atoms with E-state index in [0.717, 1.165) is 12.0 Å². The van der Waals surface area contributed by atoms with E-state index in [4.69, 9.17) is 20.4 Å². The van der Waals surface area contributed by atoms with Crippen molar-refractivity contribution in [3.05, 3.63) is 48.0 Å². The third-order valence-corrected chi connectivity index (χ3v) is 2.28. The molecule has 0 aromatic heterocycles. The maximum absolute atomic E-state index is 9.13. The van der Waals surface area contributed by atoms with Crippen LogP contribution in [0.25, 0.3) is 0 Å². The van der Waals surface area contributed by atoms with Gasteiger partial charge in [-0.25, -0.2) is 0 Å². The van der Waals surface area contributed by atoms with Crippen molar-refractivity contribution in [1.82, 2.24) is 0 Å². The summed E-state index contributed by atoms with van der Waals surface area (Å²) in [4.78, 5) is 0. The second-order valence-electron chi connectivity index (χ2n) is 3.69. The van der Waals surface area contributed by atoms with Gasteiger partial charge in [-0.1, -0.05) is 19.1 Å². The number of phenolic OH excluding ortho intramolecular Hbond substituents is 4. The highest BCUT2D eigenvalue weighted by Crippen LogP contribution is 2.22. The van der Waals surface area contributed by atoms with Gasteiger partial charge in [-0.2, -0.15) is 0 Å². The molecule has 0 amide bonds. The van der Waals surface area contributed by atoms with E-state index in [2.05, 4.69) is 0 Å². The fraction of sp³-hybridized carbons (Fsp3) is 0.143. The third-order valence-electron chi connectivity index (χ3n) is 2.28. The molecule has 96 valence electrons. The predicted octanol–water partition coefficient (Wildman–Crippen LogP) is 2.76. The molecule has 4 N–H and O–H groups in total. The molecule has 18 heavy (non-hydrogen) atoms. The highest BCUT2D eigenvalue weighted by molar-refractivity contribution is 5.38. The van der Waals surface area contributed by atoms with Gasteiger partial charge in [0, 0.05) is 12.1 Å². The Morgan fingerprint density at radius 2 is 1.33 bits per heavy atom. The third kappa shape index (κ3) is 4.25. The Kier molecular flexibility index (Phi) is 4.87. The molecule has 0 aliphatic rings. The molecule has 0 saturated heterocycles. The second-order valence-corrected chi connectivity index (χ2v) is 3.69. The van der Waals surface area contributed by atoms with Crippen molar-refractivity contribution in [2.75, 3.05) is 0 Å². The molecule has 2 aromatic carbocycles. The average molecular weight is 248 g/mol. The molecule has 0 bridgehead atoms. The number of hydrogen-bond donors (Lipinski definition) is 4. The summed E-state index contributed by atoms with van der Waals surface area (Å²) in [5.41, 5.74) is 0.859. The fourth-order valence-corrected chi connectivity index (χ4v) is 1.34. The van der Waals surface area contributed by atoms with Crippen molar-refractivity contribution in [2.45, 2.75) is 13.3 Å². The molecule has 4 heteroatoms. The monoisotopic (exact) mass is 248 g/mol. The Hall–Kier alpha value is -2.36. The van der Waals surface area contributed by atoms with E-state index in [0.29, 0.717) is 0 Å². The van der Waals surface area contributed by atoms with Gasteiger partial charge in [-0.15, -0.1) is 0 Å². The van der Waals surface area contributed by atoms with E-state index in [9.17, 15) is 0 Å². The highest BCUT2D eigenvalue weighted by Gasteiger charge is 1.97. The molecule has 0 aliphatic carbocycles. The van der Waals surface area contributed by atoms with Crippen LogP contribution < -0.4 is 0 Å². The minimum Gasteiger partial charge on any atom is -0.508 e. The predicted molar refractivity (Wildman–Crippen MR) is 68.9 cm³/mol. The topological polar surface area (TPSA) is 80.9 Å². The minimum atomic E-state index is 0.0880. The number of phenols is 4. The number of aryl methyl sites for hydroxylation is 1. The first kappa shape index (κ1) is 13.7. The second kappa shape index (κ2) is 6.39. The van der Waals surface area contributed by atoms with Gasteiger partial charge in [0.2, 0.25) is 0 Å². The molecule has 0 atom stereocenters. The Morgan fingerprint density at radius 1 is 0.778 bits per heavy atom. The molecule has 0 heterocycles.